The highest BCUT2D eigenvalue weighted by Gasteiger charge is 2.19. The predicted octanol–water partition coefficient (Wildman–Crippen LogP) is 1.70. The van der Waals surface area contributed by atoms with Crippen molar-refractivity contribution in [2.75, 3.05) is 12.4 Å². The average Bonchev–Trinajstić information content (AvgIpc) is 2.55. The first-order valence-electron chi connectivity index (χ1n) is 7.59. The van der Waals surface area contributed by atoms with E-state index in [2.05, 4.69) is 20.6 Å². The second kappa shape index (κ2) is 6.27. The van der Waals surface area contributed by atoms with Crippen LogP contribution in [0.3, 0.4) is 0 Å². The highest BCUT2D eigenvalue weighted by atomic mass is 16.3. The lowest BCUT2D eigenvalue weighted by Gasteiger charge is -2.26. The number of hydrogen-bond donors (Lipinski definition) is 3. The molecule has 1 amide bonds. The lowest BCUT2D eigenvalue weighted by atomic mass is 9.93. The zero-order valence-corrected chi connectivity index (χ0v) is 12.5. The molecule has 1 aliphatic rings. The molecule has 116 valence electrons. The van der Waals surface area contributed by atoms with Crippen LogP contribution in [0.1, 0.15) is 36.0 Å². The van der Waals surface area contributed by atoms with Crippen LogP contribution in [-0.4, -0.2) is 40.2 Å². The smallest absolute Gasteiger partial charge is 0.251 e. The third kappa shape index (κ3) is 3.17. The Morgan fingerprint density at radius 2 is 2.05 bits per heavy atom. The van der Waals surface area contributed by atoms with E-state index in [-0.39, 0.29) is 12.0 Å². The molecule has 1 aromatic heterocycles. The summed E-state index contributed by atoms with van der Waals surface area (Å²) in [6.07, 6.45) is 5.04. The molecule has 22 heavy (non-hydrogen) atoms. The van der Waals surface area contributed by atoms with Gasteiger partial charge in [-0.15, -0.1) is 0 Å². The first-order valence-corrected chi connectivity index (χ1v) is 7.59. The molecule has 1 saturated carbocycles. The Labute approximate surface area is 129 Å². The Morgan fingerprint density at radius 1 is 1.27 bits per heavy atom. The van der Waals surface area contributed by atoms with Crippen LogP contribution in [0, 0.1) is 0 Å². The number of carbonyl (C=O) groups excluding carboxylic acids is 1. The summed E-state index contributed by atoms with van der Waals surface area (Å²) < 4.78 is 0. The molecule has 0 radical (unpaired) electrons. The number of benzene rings is 1. The summed E-state index contributed by atoms with van der Waals surface area (Å²) in [5.74, 6) is 0.444. The number of rotatable bonds is 3. The third-order valence-corrected chi connectivity index (χ3v) is 4.10. The quantitative estimate of drug-likeness (QED) is 0.803. The van der Waals surface area contributed by atoms with Gasteiger partial charge in [0, 0.05) is 30.2 Å². The van der Waals surface area contributed by atoms with E-state index in [9.17, 15) is 9.90 Å². The molecule has 1 fully saturated rings. The second-order valence-electron chi connectivity index (χ2n) is 5.70. The van der Waals surface area contributed by atoms with Gasteiger partial charge < -0.3 is 15.7 Å². The molecule has 3 N–H and O–H groups in total. The Morgan fingerprint density at radius 3 is 2.77 bits per heavy atom. The lowest BCUT2D eigenvalue weighted by Crippen LogP contribution is -2.28. The van der Waals surface area contributed by atoms with Gasteiger partial charge in [-0.25, -0.2) is 9.97 Å². The molecule has 3 rings (SSSR count). The molecular weight excluding hydrogens is 280 g/mol. The number of amides is 1. The van der Waals surface area contributed by atoms with Crippen LogP contribution in [0.5, 0.6) is 0 Å². The molecule has 1 heterocycles. The van der Waals surface area contributed by atoms with Crippen LogP contribution in [0.4, 0.5) is 5.95 Å². The van der Waals surface area contributed by atoms with E-state index in [1.54, 1.807) is 25.4 Å². The summed E-state index contributed by atoms with van der Waals surface area (Å²) >= 11 is 0. The fraction of sp³-hybridized carbons (Fsp3) is 0.438. The highest BCUT2D eigenvalue weighted by molar-refractivity contribution is 5.97. The molecule has 0 unspecified atom stereocenters. The molecule has 2 aromatic rings. The maximum atomic E-state index is 11.7. The molecule has 0 spiro atoms. The number of carbonyl (C=O) groups is 1. The fourth-order valence-electron chi connectivity index (χ4n) is 2.78. The van der Waals surface area contributed by atoms with Crippen molar-refractivity contribution in [3.05, 3.63) is 30.0 Å². The summed E-state index contributed by atoms with van der Waals surface area (Å²) in [5.41, 5.74) is 1.33. The average molecular weight is 300 g/mol. The third-order valence-electron chi connectivity index (χ3n) is 4.10. The van der Waals surface area contributed by atoms with Crippen LogP contribution >= 0.6 is 0 Å². The molecule has 1 aliphatic carbocycles. The topological polar surface area (TPSA) is 87.1 Å². The van der Waals surface area contributed by atoms with Gasteiger partial charge in [-0.2, -0.15) is 0 Å². The molecule has 0 atom stereocenters. The normalized spacial score (nSPS) is 21.5. The summed E-state index contributed by atoms with van der Waals surface area (Å²) in [4.78, 5) is 20.5. The first-order chi connectivity index (χ1) is 10.7. The Hall–Kier alpha value is -2.21. The summed E-state index contributed by atoms with van der Waals surface area (Å²) in [6, 6.07) is 5.68. The van der Waals surface area contributed by atoms with Crippen molar-refractivity contribution in [2.24, 2.45) is 0 Å². The maximum Gasteiger partial charge on any atom is 0.251 e. The van der Waals surface area contributed by atoms with Gasteiger partial charge in [0.2, 0.25) is 5.95 Å². The van der Waals surface area contributed by atoms with Gasteiger partial charge >= 0.3 is 0 Å². The van der Waals surface area contributed by atoms with Crippen LogP contribution in [0.2, 0.25) is 0 Å². The van der Waals surface area contributed by atoms with E-state index in [1.165, 1.54) is 0 Å². The first kappa shape index (κ1) is 14.7. The van der Waals surface area contributed by atoms with Gasteiger partial charge in [-0.1, -0.05) is 6.07 Å². The molecule has 6 heteroatoms. The van der Waals surface area contributed by atoms with Crippen molar-refractivity contribution in [3.63, 3.8) is 0 Å². The van der Waals surface area contributed by atoms with E-state index < -0.39 is 0 Å². The van der Waals surface area contributed by atoms with E-state index in [0.717, 1.165) is 36.6 Å². The van der Waals surface area contributed by atoms with Crippen molar-refractivity contribution in [1.82, 2.24) is 15.3 Å². The molecule has 1 aromatic carbocycles. The Bertz CT molecular complexity index is 681. The SMILES string of the molecule is CNC(=O)c1ccc2cnc(N[C@H]3CC[C@H](O)CC3)nc2c1. The van der Waals surface area contributed by atoms with Crippen molar-refractivity contribution >= 4 is 22.8 Å². The summed E-state index contributed by atoms with van der Waals surface area (Å²) in [7, 11) is 1.61. The number of anilines is 1. The summed E-state index contributed by atoms with van der Waals surface area (Å²) in [6.45, 7) is 0. The number of nitrogens with one attached hydrogen (secondary N) is 2. The maximum absolute atomic E-state index is 11.7. The minimum atomic E-state index is -0.175. The zero-order valence-electron chi connectivity index (χ0n) is 12.5. The van der Waals surface area contributed by atoms with E-state index in [1.807, 2.05) is 6.07 Å². The van der Waals surface area contributed by atoms with Crippen LogP contribution in [0.25, 0.3) is 10.9 Å². The van der Waals surface area contributed by atoms with Gasteiger partial charge in [0.15, 0.2) is 0 Å². The molecular formula is C16H20N4O2. The lowest BCUT2D eigenvalue weighted by molar-refractivity contribution is 0.0963. The van der Waals surface area contributed by atoms with Crippen LogP contribution < -0.4 is 10.6 Å². The van der Waals surface area contributed by atoms with Crippen LogP contribution in [-0.2, 0) is 0 Å². The number of hydrogen-bond acceptors (Lipinski definition) is 5. The molecule has 0 saturated heterocycles. The van der Waals surface area contributed by atoms with Gasteiger partial charge in [-0.3, -0.25) is 4.79 Å². The monoisotopic (exact) mass is 300 g/mol. The minimum Gasteiger partial charge on any atom is -0.393 e. The number of nitrogens with zero attached hydrogens (tertiary/aromatic N) is 2. The number of aromatic nitrogens is 2. The summed E-state index contributed by atoms with van der Waals surface area (Å²) in [5, 5.41) is 16.4. The Balaban J connectivity index is 1.80. The van der Waals surface area contributed by atoms with Crippen molar-refractivity contribution < 1.29 is 9.90 Å². The van der Waals surface area contributed by atoms with Crippen LogP contribution in [0.15, 0.2) is 24.4 Å². The van der Waals surface area contributed by atoms with Crippen molar-refractivity contribution in [3.8, 4) is 0 Å². The number of fused-ring (bicyclic) bond motifs is 1. The Kier molecular flexibility index (Phi) is 4.20. The van der Waals surface area contributed by atoms with Gasteiger partial charge in [0.25, 0.3) is 5.91 Å². The van der Waals surface area contributed by atoms with E-state index in [4.69, 9.17) is 0 Å². The van der Waals surface area contributed by atoms with E-state index in [0.29, 0.717) is 17.6 Å². The largest absolute Gasteiger partial charge is 0.393 e. The fourth-order valence-corrected chi connectivity index (χ4v) is 2.78. The van der Waals surface area contributed by atoms with Crippen molar-refractivity contribution in [2.45, 2.75) is 37.8 Å². The molecule has 0 bridgehead atoms. The standard InChI is InChI=1S/C16H20N4O2/c1-17-15(22)10-2-3-11-9-18-16(20-14(11)8-10)19-12-4-6-13(21)7-5-12/h2-3,8-9,12-13,21H,4-7H2,1H3,(H,17,22)(H,18,19,20)/t12-,13-. The van der Waals surface area contributed by atoms with E-state index >= 15 is 0 Å². The number of aliphatic hydroxyl groups is 1. The molecule has 6 nitrogen and oxygen atoms in total. The van der Waals surface area contributed by atoms with Gasteiger partial charge in [0.05, 0.1) is 11.6 Å². The molecule has 0 aliphatic heterocycles. The zero-order chi connectivity index (χ0) is 15.5. The minimum absolute atomic E-state index is 0.128. The van der Waals surface area contributed by atoms with Gasteiger partial charge in [-0.05, 0) is 37.8 Å². The predicted molar refractivity (Wildman–Crippen MR) is 84.8 cm³/mol. The van der Waals surface area contributed by atoms with Crippen molar-refractivity contribution in [1.29, 1.82) is 0 Å². The highest BCUT2D eigenvalue weighted by Crippen LogP contribution is 2.22. The van der Waals surface area contributed by atoms with Gasteiger partial charge in [0.1, 0.15) is 0 Å². The number of aliphatic hydroxyl groups excluding tert-OH is 1. The second-order valence-corrected chi connectivity index (χ2v) is 5.70.